The molecule has 4 aromatic carbocycles. The van der Waals surface area contributed by atoms with E-state index in [0.29, 0.717) is 28.6 Å². The Labute approximate surface area is 204 Å². The molecule has 0 aliphatic rings. The van der Waals surface area contributed by atoms with E-state index >= 15 is 0 Å². The molecule has 0 radical (unpaired) electrons. The molecule has 0 spiro atoms. The molecule has 0 bridgehead atoms. The zero-order valence-electron chi connectivity index (χ0n) is 19.0. The second-order valence-electron chi connectivity index (χ2n) is 7.49. The monoisotopic (exact) mass is 488 g/mol. The quantitative estimate of drug-likeness (QED) is 0.345. The lowest BCUT2D eigenvalue weighted by molar-refractivity contribution is -0.114. The van der Waals surface area contributed by atoms with Crippen LogP contribution in [-0.4, -0.2) is 28.0 Å². The molecule has 0 aliphatic heterocycles. The molecule has 0 aliphatic carbocycles. The summed E-state index contributed by atoms with van der Waals surface area (Å²) in [6, 6.07) is 30.7. The second-order valence-corrected chi connectivity index (χ2v) is 9.35. The highest BCUT2D eigenvalue weighted by Gasteiger charge is 2.27. The Morgan fingerprint density at radius 2 is 1.43 bits per heavy atom. The predicted molar refractivity (Wildman–Crippen MR) is 136 cm³/mol. The number of carbonyl (C=O) groups is 1. The van der Waals surface area contributed by atoms with Crippen LogP contribution in [0.1, 0.15) is 0 Å². The Morgan fingerprint density at radius 1 is 0.800 bits per heavy atom. The molecule has 4 aromatic rings. The summed E-state index contributed by atoms with van der Waals surface area (Å²) < 4.78 is 39.2. The second kappa shape index (κ2) is 10.8. The molecule has 4 rings (SSSR count). The number of anilines is 2. The summed E-state index contributed by atoms with van der Waals surface area (Å²) in [4.78, 5) is 13.2. The highest BCUT2D eigenvalue weighted by Crippen LogP contribution is 2.30. The van der Waals surface area contributed by atoms with Crippen LogP contribution < -0.4 is 19.1 Å². The lowest BCUT2D eigenvalue weighted by atomic mass is 10.2. The maximum absolute atomic E-state index is 13.5. The minimum atomic E-state index is -4.04. The van der Waals surface area contributed by atoms with Gasteiger partial charge in [0.05, 0.1) is 23.4 Å². The number of methoxy groups -OCH3 is 1. The van der Waals surface area contributed by atoms with E-state index in [0.717, 1.165) is 4.31 Å². The van der Waals surface area contributed by atoms with Gasteiger partial charge < -0.3 is 14.8 Å². The zero-order valence-corrected chi connectivity index (χ0v) is 19.8. The van der Waals surface area contributed by atoms with E-state index in [2.05, 4.69) is 5.32 Å². The number of hydrogen-bond donors (Lipinski definition) is 1. The van der Waals surface area contributed by atoms with Gasteiger partial charge in [0, 0.05) is 6.07 Å². The molecule has 1 N–H and O–H groups in total. The fourth-order valence-corrected chi connectivity index (χ4v) is 4.83. The van der Waals surface area contributed by atoms with Gasteiger partial charge in [0.2, 0.25) is 5.91 Å². The number of hydrogen-bond acceptors (Lipinski definition) is 5. The van der Waals surface area contributed by atoms with E-state index in [1.165, 1.54) is 19.2 Å². The van der Waals surface area contributed by atoms with Crippen molar-refractivity contribution in [3.63, 3.8) is 0 Å². The van der Waals surface area contributed by atoms with Gasteiger partial charge in [-0.25, -0.2) is 8.42 Å². The Kier molecular flexibility index (Phi) is 7.32. The molecular formula is C27H24N2O5S. The molecular weight excluding hydrogens is 464 g/mol. The van der Waals surface area contributed by atoms with Gasteiger partial charge >= 0.3 is 0 Å². The smallest absolute Gasteiger partial charge is 0.264 e. The van der Waals surface area contributed by atoms with Gasteiger partial charge in [-0.05, 0) is 48.5 Å². The van der Waals surface area contributed by atoms with Gasteiger partial charge in [0.15, 0.2) is 5.75 Å². The van der Waals surface area contributed by atoms with Gasteiger partial charge in [-0.1, -0.05) is 54.6 Å². The summed E-state index contributed by atoms with van der Waals surface area (Å²) in [5.74, 6) is 0.985. The first-order valence-electron chi connectivity index (χ1n) is 10.8. The maximum atomic E-state index is 13.5. The van der Waals surface area contributed by atoms with Crippen LogP contribution >= 0.6 is 0 Å². The number of carbonyl (C=O) groups excluding carboxylic acids is 1. The maximum Gasteiger partial charge on any atom is 0.264 e. The van der Waals surface area contributed by atoms with Crippen molar-refractivity contribution >= 4 is 27.3 Å². The van der Waals surface area contributed by atoms with Crippen molar-refractivity contribution in [2.45, 2.75) is 4.90 Å². The number of sulfonamides is 1. The SMILES string of the molecule is COc1cccc(N(CC(=O)Nc2ccccc2Oc2ccccc2)S(=O)(=O)c2ccccc2)c1. The van der Waals surface area contributed by atoms with E-state index in [9.17, 15) is 13.2 Å². The number of rotatable bonds is 9. The molecule has 0 unspecified atom stereocenters. The van der Waals surface area contributed by atoms with E-state index in [1.54, 1.807) is 78.9 Å². The van der Waals surface area contributed by atoms with Crippen LogP contribution in [0.4, 0.5) is 11.4 Å². The minimum absolute atomic E-state index is 0.0726. The first kappa shape index (κ1) is 23.8. The molecule has 1 amide bonds. The first-order valence-corrected chi connectivity index (χ1v) is 12.2. The third-order valence-electron chi connectivity index (χ3n) is 5.09. The standard InChI is InChI=1S/C27H24N2O5S/c1-33-23-14-10-11-21(19-23)29(35(31,32)24-15-6-3-7-16-24)20-27(30)28-25-17-8-9-18-26(25)34-22-12-4-2-5-13-22/h2-19H,20H2,1H3,(H,28,30). The van der Waals surface area contributed by atoms with Crippen molar-refractivity contribution in [1.82, 2.24) is 0 Å². The Bertz CT molecular complexity index is 1390. The molecule has 0 saturated heterocycles. The van der Waals surface area contributed by atoms with Crippen LogP contribution in [0.5, 0.6) is 17.2 Å². The highest BCUT2D eigenvalue weighted by atomic mass is 32.2. The van der Waals surface area contributed by atoms with Gasteiger partial charge in [0.1, 0.15) is 18.0 Å². The van der Waals surface area contributed by atoms with Crippen molar-refractivity contribution in [1.29, 1.82) is 0 Å². The number of nitrogens with zero attached hydrogens (tertiary/aromatic N) is 1. The average molecular weight is 489 g/mol. The van der Waals surface area contributed by atoms with E-state index in [1.807, 2.05) is 18.2 Å². The summed E-state index contributed by atoms with van der Waals surface area (Å²) in [6.45, 7) is -0.454. The van der Waals surface area contributed by atoms with E-state index in [4.69, 9.17) is 9.47 Å². The molecule has 0 atom stereocenters. The third kappa shape index (κ3) is 5.80. The first-order chi connectivity index (χ1) is 17.0. The fraction of sp³-hybridized carbons (Fsp3) is 0.0741. The summed E-state index contributed by atoms with van der Waals surface area (Å²) in [5, 5.41) is 2.78. The van der Waals surface area contributed by atoms with Crippen molar-refractivity contribution in [2.75, 3.05) is 23.3 Å². The van der Waals surface area contributed by atoms with Crippen LogP contribution in [0.3, 0.4) is 0 Å². The summed E-state index contributed by atoms with van der Waals surface area (Å²) in [5.41, 5.74) is 0.723. The zero-order chi connectivity index (χ0) is 24.7. The molecule has 0 heterocycles. The summed E-state index contributed by atoms with van der Waals surface area (Å²) in [7, 11) is -2.55. The Balaban J connectivity index is 1.62. The fourth-order valence-electron chi connectivity index (χ4n) is 3.39. The van der Waals surface area contributed by atoms with Crippen molar-refractivity contribution in [3.05, 3.63) is 109 Å². The van der Waals surface area contributed by atoms with E-state index < -0.39 is 22.5 Å². The molecule has 0 fully saturated rings. The van der Waals surface area contributed by atoms with Gasteiger partial charge in [-0.3, -0.25) is 9.10 Å². The van der Waals surface area contributed by atoms with Crippen LogP contribution in [-0.2, 0) is 14.8 Å². The predicted octanol–water partition coefficient (Wildman–Crippen LogP) is 5.32. The molecule has 0 aromatic heterocycles. The minimum Gasteiger partial charge on any atom is -0.497 e. The van der Waals surface area contributed by atoms with Crippen LogP contribution in [0, 0.1) is 0 Å². The average Bonchev–Trinajstić information content (AvgIpc) is 2.89. The Morgan fingerprint density at radius 3 is 2.14 bits per heavy atom. The van der Waals surface area contributed by atoms with Crippen LogP contribution in [0.15, 0.2) is 114 Å². The lowest BCUT2D eigenvalue weighted by Gasteiger charge is -2.24. The summed E-state index contributed by atoms with van der Waals surface area (Å²) >= 11 is 0. The van der Waals surface area contributed by atoms with Crippen LogP contribution in [0.25, 0.3) is 0 Å². The van der Waals surface area contributed by atoms with Crippen molar-refractivity contribution in [2.24, 2.45) is 0 Å². The third-order valence-corrected chi connectivity index (χ3v) is 6.88. The van der Waals surface area contributed by atoms with Gasteiger partial charge in [-0.15, -0.1) is 0 Å². The lowest BCUT2D eigenvalue weighted by Crippen LogP contribution is -2.38. The van der Waals surface area contributed by atoms with Crippen LogP contribution in [0.2, 0.25) is 0 Å². The van der Waals surface area contributed by atoms with Crippen molar-refractivity contribution in [3.8, 4) is 17.2 Å². The number of nitrogens with one attached hydrogen (secondary N) is 1. The molecule has 7 nitrogen and oxygen atoms in total. The number of para-hydroxylation sites is 3. The van der Waals surface area contributed by atoms with Crippen molar-refractivity contribution < 1.29 is 22.7 Å². The largest absolute Gasteiger partial charge is 0.497 e. The number of ether oxygens (including phenoxy) is 2. The van der Waals surface area contributed by atoms with Gasteiger partial charge in [-0.2, -0.15) is 0 Å². The van der Waals surface area contributed by atoms with Gasteiger partial charge in [0.25, 0.3) is 10.0 Å². The summed E-state index contributed by atoms with van der Waals surface area (Å²) in [6.07, 6.45) is 0. The molecule has 178 valence electrons. The normalized spacial score (nSPS) is 10.9. The number of benzene rings is 4. The number of amides is 1. The molecule has 0 saturated carbocycles. The van der Waals surface area contributed by atoms with E-state index in [-0.39, 0.29) is 4.90 Å². The molecule has 8 heteroatoms. The highest BCUT2D eigenvalue weighted by molar-refractivity contribution is 7.92. The Hall–Kier alpha value is -4.30. The molecule has 35 heavy (non-hydrogen) atoms. The topological polar surface area (TPSA) is 84.9 Å².